The number of carbonyl (C=O) groups excluding carboxylic acids is 1. The number of aromatic nitrogens is 2. The molecule has 4 rings (SSSR count). The second-order valence-electron chi connectivity index (χ2n) is 6.43. The third-order valence-corrected chi connectivity index (χ3v) is 4.48. The Labute approximate surface area is 155 Å². The molecule has 0 radical (unpaired) electrons. The van der Waals surface area contributed by atoms with E-state index in [1.165, 1.54) is 12.1 Å². The summed E-state index contributed by atoms with van der Waals surface area (Å²) in [5, 5.41) is 12.8. The van der Waals surface area contributed by atoms with Gasteiger partial charge in [-0.05, 0) is 37.1 Å². The molecule has 0 bridgehead atoms. The van der Waals surface area contributed by atoms with Crippen LogP contribution in [0.5, 0.6) is 5.75 Å². The van der Waals surface area contributed by atoms with E-state index < -0.39 is 11.8 Å². The van der Waals surface area contributed by atoms with Crippen LogP contribution in [-0.2, 0) is 0 Å². The summed E-state index contributed by atoms with van der Waals surface area (Å²) in [6.07, 6.45) is 2.09. The molecule has 3 aromatic rings. The Morgan fingerprint density at radius 3 is 2.74 bits per heavy atom. The highest BCUT2D eigenvalue weighted by atomic mass is 19.1. The van der Waals surface area contributed by atoms with Crippen LogP contribution in [-0.4, -0.2) is 23.3 Å². The van der Waals surface area contributed by atoms with E-state index >= 15 is 0 Å². The van der Waals surface area contributed by atoms with E-state index in [4.69, 9.17) is 4.74 Å². The van der Waals surface area contributed by atoms with Gasteiger partial charge in [0.2, 0.25) is 0 Å². The molecule has 1 heterocycles. The number of carbonyl (C=O) groups is 1. The standard InChI is InChI=1S/C20H19FN4O2/c1-27-14-6-4-5-13(11-14)18-19(17(24-25-18)12-9-10-12)23-20(26)22-16-8-3-2-7-15(16)21/h2-8,11-12H,9-10H2,1H3,(H,24,25)(H2,22,23,26). The van der Waals surface area contributed by atoms with Gasteiger partial charge in [-0.2, -0.15) is 5.10 Å². The number of benzene rings is 2. The predicted octanol–water partition coefficient (Wildman–Crippen LogP) is 4.75. The van der Waals surface area contributed by atoms with E-state index in [1.807, 2.05) is 24.3 Å². The largest absolute Gasteiger partial charge is 0.497 e. The lowest BCUT2D eigenvalue weighted by Crippen LogP contribution is -2.21. The Kier molecular flexibility index (Phi) is 4.50. The van der Waals surface area contributed by atoms with Crippen molar-refractivity contribution in [3.8, 4) is 17.0 Å². The van der Waals surface area contributed by atoms with Gasteiger partial charge in [0.15, 0.2) is 0 Å². The number of aromatic amines is 1. The van der Waals surface area contributed by atoms with E-state index in [2.05, 4.69) is 20.8 Å². The van der Waals surface area contributed by atoms with Crippen LogP contribution in [0.3, 0.4) is 0 Å². The number of halogens is 1. The van der Waals surface area contributed by atoms with Crippen LogP contribution in [0.1, 0.15) is 24.5 Å². The number of nitrogens with one attached hydrogen (secondary N) is 3. The lowest BCUT2D eigenvalue weighted by Gasteiger charge is -2.11. The van der Waals surface area contributed by atoms with Gasteiger partial charge in [0, 0.05) is 11.5 Å². The van der Waals surface area contributed by atoms with Gasteiger partial charge in [-0.25, -0.2) is 9.18 Å². The SMILES string of the molecule is COc1cccc(-c2n[nH]c(C3CC3)c2NC(=O)Nc2ccccc2F)c1. The lowest BCUT2D eigenvalue weighted by molar-refractivity contribution is 0.262. The van der Waals surface area contributed by atoms with Crippen LogP contribution in [0, 0.1) is 5.82 Å². The number of amides is 2. The molecular formula is C20H19FN4O2. The minimum Gasteiger partial charge on any atom is -0.497 e. The van der Waals surface area contributed by atoms with Crippen LogP contribution in [0.25, 0.3) is 11.3 Å². The van der Waals surface area contributed by atoms with Crippen LogP contribution >= 0.6 is 0 Å². The molecule has 27 heavy (non-hydrogen) atoms. The summed E-state index contributed by atoms with van der Waals surface area (Å²) >= 11 is 0. The number of ether oxygens (including phenoxy) is 1. The van der Waals surface area contributed by atoms with E-state index in [0.29, 0.717) is 23.0 Å². The van der Waals surface area contributed by atoms with Crippen molar-refractivity contribution in [1.82, 2.24) is 10.2 Å². The third kappa shape index (κ3) is 3.62. The summed E-state index contributed by atoms with van der Waals surface area (Å²) in [5.74, 6) is 0.557. The maximum Gasteiger partial charge on any atom is 0.323 e. The van der Waals surface area contributed by atoms with Gasteiger partial charge in [0.1, 0.15) is 17.3 Å². The van der Waals surface area contributed by atoms with Crippen molar-refractivity contribution in [3.63, 3.8) is 0 Å². The molecule has 1 fully saturated rings. The molecule has 3 N–H and O–H groups in total. The highest BCUT2D eigenvalue weighted by molar-refractivity contribution is 6.02. The molecule has 0 atom stereocenters. The molecule has 1 aliphatic carbocycles. The molecule has 1 aromatic heterocycles. The van der Waals surface area contributed by atoms with Crippen molar-refractivity contribution in [2.75, 3.05) is 17.7 Å². The maximum atomic E-state index is 13.8. The number of nitrogens with zero attached hydrogens (tertiary/aromatic N) is 1. The molecule has 7 heteroatoms. The average molecular weight is 366 g/mol. The highest BCUT2D eigenvalue weighted by Gasteiger charge is 2.31. The molecule has 0 unspecified atom stereocenters. The normalized spacial score (nSPS) is 13.3. The second kappa shape index (κ2) is 7.11. The Balaban J connectivity index is 1.63. The topological polar surface area (TPSA) is 79.0 Å². The van der Waals surface area contributed by atoms with Crippen molar-refractivity contribution in [2.45, 2.75) is 18.8 Å². The third-order valence-electron chi connectivity index (χ3n) is 4.48. The number of rotatable bonds is 5. The minimum absolute atomic E-state index is 0.120. The number of anilines is 2. The van der Waals surface area contributed by atoms with E-state index in [0.717, 1.165) is 24.1 Å². The van der Waals surface area contributed by atoms with Crippen molar-refractivity contribution in [2.24, 2.45) is 0 Å². The summed E-state index contributed by atoms with van der Waals surface area (Å²) in [4.78, 5) is 12.5. The summed E-state index contributed by atoms with van der Waals surface area (Å²) in [5.41, 5.74) is 3.06. The molecule has 2 aromatic carbocycles. The monoisotopic (exact) mass is 366 g/mol. The highest BCUT2D eigenvalue weighted by Crippen LogP contribution is 2.45. The predicted molar refractivity (Wildman–Crippen MR) is 102 cm³/mol. The zero-order valence-corrected chi connectivity index (χ0v) is 14.8. The first-order valence-electron chi connectivity index (χ1n) is 8.71. The molecule has 2 amide bonds. The number of H-pyrrole nitrogens is 1. The molecule has 0 spiro atoms. The number of hydrogen-bond donors (Lipinski definition) is 3. The van der Waals surface area contributed by atoms with Crippen LogP contribution < -0.4 is 15.4 Å². The zero-order chi connectivity index (χ0) is 18.8. The summed E-state index contributed by atoms with van der Waals surface area (Å²) in [6.45, 7) is 0. The first-order valence-corrected chi connectivity index (χ1v) is 8.71. The smallest absolute Gasteiger partial charge is 0.323 e. The molecule has 0 aliphatic heterocycles. The molecule has 138 valence electrons. The summed E-state index contributed by atoms with van der Waals surface area (Å²) < 4.78 is 19.1. The minimum atomic E-state index is -0.521. The Morgan fingerprint density at radius 1 is 1.19 bits per heavy atom. The van der Waals surface area contributed by atoms with Crippen molar-refractivity contribution in [3.05, 3.63) is 60.0 Å². The van der Waals surface area contributed by atoms with Gasteiger partial charge >= 0.3 is 6.03 Å². The number of urea groups is 1. The van der Waals surface area contributed by atoms with Gasteiger partial charge < -0.3 is 15.4 Å². The van der Waals surface area contributed by atoms with Crippen molar-refractivity contribution < 1.29 is 13.9 Å². The number of methoxy groups -OCH3 is 1. The Bertz CT molecular complexity index is 982. The summed E-state index contributed by atoms with van der Waals surface area (Å²) in [7, 11) is 1.60. The molecule has 1 saturated carbocycles. The van der Waals surface area contributed by atoms with Crippen LogP contribution in [0.4, 0.5) is 20.6 Å². The van der Waals surface area contributed by atoms with Crippen LogP contribution in [0.15, 0.2) is 48.5 Å². The van der Waals surface area contributed by atoms with Gasteiger partial charge in [0.05, 0.1) is 24.2 Å². The van der Waals surface area contributed by atoms with Crippen molar-refractivity contribution >= 4 is 17.4 Å². The Morgan fingerprint density at radius 2 is 2.00 bits per heavy atom. The van der Waals surface area contributed by atoms with E-state index in [9.17, 15) is 9.18 Å². The zero-order valence-electron chi connectivity index (χ0n) is 14.8. The fourth-order valence-corrected chi connectivity index (χ4v) is 2.96. The van der Waals surface area contributed by atoms with Gasteiger partial charge in [0.25, 0.3) is 0 Å². The molecule has 1 aliphatic rings. The van der Waals surface area contributed by atoms with Gasteiger partial charge in [-0.3, -0.25) is 5.10 Å². The Hall–Kier alpha value is -3.35. The molecule has 6 nitrogen and oxygen atoms in total. The maximum absolute atomic E-state index is 13.8. The van der Waals surface area contributed by atoms with Crippen molar-refractivity contribution in [1.29, 1.82) is 0 Å². The molecule has 0 saturated heterocycles. The molecular weight excluding hydrogens is 347 g/mol. The summed E-state index contributed by atoms with van der Waals surface area (Å²) in [6, 6.07) is 13.0. The number of hydrogen-bond acceptors (Lipinski definition) is 3. The van der Waals surface area contributed by atoms with Gasteiger partial charge in [-0.15, -0.1) is 0 Å². The number of para-hydroxylation sites is 1. The fourth-order valence-electron chi connectivity index (χ4n) is 2.96. The van der Waals surface area contributed by atoms with Gasteiger partial charge in [-0.1, -0.05) is 24.3 Å². The fraction of sp³-hybridized carbons (Fsp3) is 0.200. The second-order valence-corrected chi connectivity index (χ2v) is 6.43. The average Bonchev–Trinajstić information content (AvgIpc) is 3.44. The van der Waals surface area contributed by atoms with E-state index in [1.54, 1.807) is 19.2 Å². The quantitative estimate of drug-likeness (QED) is 0.610. The lowest BCUT2D eigenvalue weighted by atomic mass is 10.1. The first kappa shape index (κ1) is 17.1. The first-order chi connectivity index (χ1) is 13.2. The van der Waals surface area contributed by atoms with E-state index in [-0.39, 0.29) is 5.69 Å². The van der Waals surface area contributed by atoms with Crippen LogP contribution in [0.2, 0.25) is 0 Å².